The molecule has 0 bridgehead atoms. The summed E-state index contributed by atoms with van der Waals surface area (Å²) in [5, 5.41) is 26.2. The van der Waals surface area contributed by atoms with E-state index in [1.54, 1.807) is 4.90 Å². The second kappa shape index (κ2) is 10.4. The Balaban J connectivity index is 1.54. The van der Waals surface area contributed by atoms with Gasteiger partial charge in [0.2, 0.25) is 0 Å². The van der Waals surface area contributed by atoms with Crippen LogP contribution in [0.2, 0.25) is 0 Å². The minimum absolute atomic E-state index is 0.0223. The van der Waals surface area contributed by atoms with Crippen LogP contribution in [0.15, 0.2) is 36.4 Å². The number of nitrogens with zero attached hydrogens (tertiary/aromatic N) is 4. The maximum absolute atomic E-state index is 13.5. The van der Waals surface area contributed by atoms with E-state index in [2.05, 4.69) is 34.2 Å². The van der Waals surface area contributed by atoms with E-state index in [9.17, 15) is 9.90 Å². The molecule has 1 amide bonds. The van der Waals surface area contributed by atoms with Crippen LogP contribution in [0.5, 0.6) is 0 Å². The van der Waals surface area contributed by atoms with Gasteiger partial charge in [0, 0.05) is 24.7 Å². The molecule has 0 aliphatic heterocycles. The highest BCUT2D eigenvalue weighted by Crippen LogP contribution is 2.42. The zero-order chi connectivity index (χ0) is 25.1. The molecule has 1 fully saturated rings. The number of rotatable bonds is 8. The summed E-state index contributed by atoms with van der Waals surface area (Å²) in [5.41, 5.74) is 5.38. The van der Waals surface area contributed by atoms with E-state index in [1.165, 1.54) is 5.56 Å². The molecular formula is C28H33N5O2. The molecule has 182 valence electrons. The SMILES string of the molecule is CCC(CCN(C)C(=O)c1cc(-c2n[nH]c(C)n2)c(C2CC(O)C2)cc1C)c1ccc(C#N)cc1. The average molecular weight is 472 g/mol. The van der Waals surface area contributed by atoms with Crippen LogP contribution in [0.3, 0.4) is 0 Å². The lowest BCUT2D eigenvalue weighted by atomic mass is 9.75. The zero-order valence-corrected chi connectivity index (χ0v) is 20.9. The molecule has 1 unspecified atom stereocenters. The van der Waals surface area contributed by atoms with E-state index in [-0.39, 0.29) is 17.9 Å². The molecule has 0 spiro atoms. The van der Waals surface area contributed by atoms with Gasteiger partial charge >= 0.3 is 0 Å². The standard InChI is InChI=1S/C28H33N5O2/c1-5-20(21-8-6-19(16-29)7-9-21)10-11-33(4)28(35)24-15-26(27-30-18(3)31-32-27)25(12-17(24)2)22-13-23(34)14-22/h6-9,12,15,20,22-23,34H,5,10-11,13-14H2,1-4H3,(H,30,31,32). The lowest BCUT2D eigenvalue weighted by Crippen LogP contribution is -2.30. The van der Waals surface area contributed by atoms with Crippen LogP contribution in [0, 0.1) is 25.2 Å². The molecule has 1 atom stereocenters. The summed E-state index contributed by atoms with van der Waals surface area (Å²) in [5.74, 6) is 1.85. The first-order valence-electron chi connectivity index (χ1n) is 12.3. The minimum Gasteiger partial charge on any atom is -0.393 e. The normalized spacial score (nSPS) is 17.9. The van der Waals surface area contributed by atoms with Crippen molar-refractivity contribution >= 4 is 5.91 Å². The topological polar surface area (TPSA) is 106 Å². The number of aliphatic hydroxyl groups is 1. The number of hydrogen-bond acceptors (Lipinski definition) is 5. The van der Waals surface area contributed by atoms with Crippen molar-refractivity contribution in [2.24, 2.45) is 0 Å². The molecule has 7 heteroatoms. The predicted molar refractivity (Wildman–Crippen MR) is 135 cm³/mol. The van der Waals surface area contributed by atoms with Crippen LogP contribution in [0.1, 0.15) is 82.9 Å². The van der Waals surface area contributed by atoms with Gasteiger partial charge in [-0.1, -0.05) is 25.1 Å². The number of carbonyl (C=O) groups excluding carboxylic acids is 1. The number of nitriles is 1. The fourth-order valence-corrected chi connectivity index (χ4v) is 4.89. The first kappa shape index (κ1) is 24.6. The van der Waals surface area contributed by atoms with Crippen LogP contribution in [-0.4, -0.2) is 50.8 Å². The van der Waals surface area contributed by atoms with E-state index in [0.29, 0.717) is 29.4 Å². The van der Waals surface area contributed by atoms with Crippen molar-refractivity contribution in [1.29, 1.82) is 5.26 Å². The van der Waals surface area contributed by atoms with Crippen molar-refractivity contribution < 1.29 is 9.90 Å². The summed E-state index contributed by atoms with van der Waals surface area (Å²) < 4.78 is 0. The summed E-state index contributed by atoms with van der Waals surface area (Å²) in [6.45, 7) is 6.60. The Hall–Kier alpha value is -3.50. The number of aromatic amines is 1. The summed E-state index contributed by atoms with van der Waals surface area (Å²) in [6.07, 6.45) is 2.98. The monoisotopic (exact) mass is 471 g/mol. The summed E-state index contributed by atoms with van der Waals surface area (Å²) in [4.78, 5) is 19.8. The molecular weight excluding hydrogens is 438 g/mol. The summed E-state index contributed by atoms with van der Waals surface area (Å²) >= 11 is 0. The lowest BCUT2D eigenvalue weighted by molar-refractivity contribution is 0.0745. The van der Waals surface area contributed by atoms with Crippen molar-refractivity contribution in [3.8, 4) is 17.5 Å². The van der Waals surface area contributed by atoms with Crippen molar-refractivity contribution in [1.82, 2.24) is 20.1 Å². The number of H-pyrrole nitrogens is 1. The number of hydrogen-bond donors (Lipinski definition) is 2. The second-order valence-corrected chi connectivity index (χ2v) is 9.68. The highest BCUT2D eigenvalue weighted by Gasteiger charge is 2.32. The Morgan fingerprint density at radius 1 is 1.26 bits per heavy atom. The Kier molecular flexibility index (Phi) is 7.32. The number of carbonyl (C=O) groups is 1. The molecule has 4 rings (SSSR count). The van der Waals surface area contributed by atoms with E-state index in [4.69, 9.17) is 5.26 Å². The van der Waals surface area contributed by atoms with E-state index in [0.717, 1.165) is 48.2 Å². The van der Waals surface area contributed by atoms with Gasteiger partial charge in [0.15, 0.2) is 5.82 Å². The molecule has 1 aliphatic carbocycles. The molecule has 35 heavy (non-hydrogen) atoms. The Morgan fingerprint density at radius 3 is 2.54 bits per heavy atom. The average Bonchev–Trinajstić information content (AvgIpc) is 3.28. The number of benzene rings is 2. The first-order valence-corrected chi connectivity index (χ1v) is 12.3. The van der Waals surface area contributed by atoms with Gasteiger partial charge in [-0.05, 0) is 86.3 Å². The van der Waals surface area contributed by atoms with E-state index in [1.807, 2.05) is 51.2 Å². The van der Waals surface area contributed by atoms with Crippen LogP contribution in [-0.2, 0) is 0 Å². The molecule has 2 N–H and O–H groups in total. The molecule has 1 aromatic heterocycles. The minimum atomic E-state index is -0.267. The fraction of sp³-hybridized carbons (Fsp3) is 0.429. The van der Waals surface area contributed by atoms with Gasteiger partial charge in [-0.25, -0.2) is 4.98 Å². The predicted octanol–water partition coefficient (Wildman–Crippen LogP) is 4.85. The lowest BCUT2D eigenvalue weighted by Gasteiger charge is -2.33. The van der Waals surface area contributed by atoms with Crippen LogP contribution in [0.25, 0.3) is 11.4 Å². The first-order chi connectivity index (χ1) is 16.8. The van der Waals surface area contributed by atoms with Crippen LogP contribution >= 0.6 is 0 Å². The van der Waals surface area contributed by atoms with Crippen molar-refractivity contribution in [3.63, 3.8) is 0 Å². The zero-order valence-electron chi connectivity index (χ0n) is 20.9. The van der Waals surface area contributed by atoms with Crippen LogP contribution < -0.4 is 0 Å². The molecule has 1 heterocycles. The molecule has 0 saturated heterocycles. The van der Waals surface area contributed by atoms with Gasteiger partial charge in [0.05, 0.1) is 17.7 Å². The van der Waals surface area contributed by atoms with Crippen molar-refractivity contribution in [2.75, 3.05) is 13.6 Å². The third kappa shape index (κ3) is 5.28. The van der Waals surface area contributed by atoms with Gasteiger partial charge in [-0.2, -0.15) is 10.4 Å². The summed E-state index contributed by atoms with van der Waals surface area (Å²) in [7, 11) is 1.85. The maximum atomic E-state index is 13.5. The van der Waals surface area contributed by atoms with E-state index < -0.39 is 0 Å². The van der Waals surface area contributed by atoms with Gasteiger partial charge in [0.25, 0.3) is 5.91 Å². The highest BCUT2D eigenvalue weighted by atomic mass is 16.3. The van der Waals surface area contributed by atoms with Crippen molar-refractivity contribution in [2.45, 2.75) is 64.4 Å². The number of aliphatic hydroxyl groups excluding tert-OH is 1. The highest BCUT2D eigenvalue weighted by molar-refractivity contribution is 5.97. The number of aryl methyl sites for hydroxylation is 2. The quantitative estimate of drug-likeness (QED) is 0.488. The number of amides is 1. The Labute approximate surface area is 206 Å². The summed E-state index contributed by atoms with van der Waals surface area (Å²) in [6, 6.07) is 13.9. The second-order valence-electron chi connectivity index (χ2n) is 9.68. The Morgan fingerprint density at radius 2 is 1.97 bits per heavy atom. The molecule has 7 nitrogen and oxygen atoms in total. The van der Waals surface area contributed by atoms with Gasteiger partial charge in [0.1, 0.15) is 5.82 Å². The maximum Gasteiger partial charge on any atom is 0.253 e. The largest absolute Gasteiger partial charge is 0.393 e. The van der Waals surface area contributed by atoms with Gasteiger partial charge < -0.3 is 10.0 Å². The molecule has 1 saturated carbocycles. The third-order valence-corrected chi connectivity index (χ3v) is 7.18. The van der Waals surface area contributed by atoms with Gasteiger partial charge in [-0.15, -0.1) is 0 Å². The molecule has 2 aromatic carbocycles. The van der Waals surface area contributed by atoms with Gasteiger partial charge in [-0.3, -0.25) is 9.89 Å². The third-order valence-electron chi connectivity index (χ3n) is 7.18. The Bertz CT molecular complexity index is 1240. The molecule has 3 aromatic rings. The van der Waals surface area contributed by atoms with Crippen LogP contribution in [0.4, 0.5) is 0 Å². The number of aromatic nitrogens is 3. The molecule has 0 radical (unpaired) electrons. The number of nitrogens with one attached hydrogen (secondary N) is 1. The van der Waals surface area contributed by atoms with Crippen molar-refractivity contribution in [3.05, 3.63) is 70.0 Å². The fourth-order valence-electron chi connectivity index (χ4n) is 4.89. The van der Waals surface area contributed by atoms with E-state index >= 15 is 0 Å². The smallest absolute Gasteiger partial charge is 0.253 e. The molecule has 1 aliphatic rings.